The Bertz CT molecular complexity index is 752. The van der Waals surface area contributed by atoms with Crippen LogP contribution in [0.3, 0.4) is 0 Å². The molecule has 3 fully saturated rings. The van der Waals surface area contributed by atoms with Crippen LogP contribution in [-0.4, -0.2) is 24.1 Å². The van der Waals surface area contributed by atoms with Gasteiger partial charge in [-0.2, -0.15) is 0 Å². The number of carbonyl (C=O) groups excluding carboxylic acids is 2. The Morgan fingerprint density at radius 1 is 1.40 bits per heavy atom. The van der Waals surface area contributed by atoms with E-state index < -0.39 is 5.66 Å². The van der Waals surface area contributed by atoms with E-state index in [2.05, 4.69) is 17.6 Å². The topological polar surface area (TPSA) is 67.4 Å². The number of halogens is 1. The summed E-state index contributed by atoms with van der Waals surface area (Å²) in [5.41, 5.74) is 0.725. The van der Waals surface area contributed by atoms with Gasteiger partial charge >= 0.3 is 5.97 Å². The molecule has 4 aliphatic rings. The van der Waals surface area contributed by atoms with E-state index in [0.717, 1.165) is 31.4 Å². The van der Waals surface area contributed by atoms with Crippen LogP contribution in [0, 0.1) is 17.3 Å². The van der Waals surface area contributed by atoms with E-state index in [-0.39, 0.29) is 29.1 Å². The first-order valence-corrected chi connectivity index (χ1v) is 9.31. The fourth-order valence-corrected chi connectivity index (χ4v) is 5.25. The number of nitrogens with one attached hydrogen (secondary N) is 2. The molecular formula is C19H23ClN2O3. The van der Waals surface area contributed by atoms with Crippen molar-refractivity contribution in [2.45, 2.75) is 45.2 Å². The molecule has 6 heteroatoms. The molecule has 1 aromatic rings. The van der Waals surface area contributed by atoms with E-state index in [1.807, 2.05) is 13.0 Å². The Morgan fingerprint density at radius 2 is 2.20 bits per heavy atom. The zero-order chi connectivity index (χ0) is 17.8. The summed E-state index contributed by atoms with van der Waals surface area (Å²) in [7, 11) is 0. The lowest BCUT2D eigenvalue weighted by Gasteiger charge is -2.60. The zero-order valence-electron chi connectivity index (χ0n) is 14.5. The van der Waals surface area contributed by atoms with Crippen molar-refractivity contribution in [1.29, 1.82) is 0 Å². The number of rotatable bonds is 2. The van der Waals surface area contributed by atoms with E-state index in [4.69, 9.17) is 16.3 Å². The number of anilines is 1. The first-order valence-electron chi connectivity index (χ1n) is 8.94. The van der Waals surface area contributed by atoms with Crippen molar-refractivity contribution >= 4 is 29.2 Å². The summed E-state index contributed by atoms with van der Waals surface area (Å²) in [4.78, 5) is 25.1. The molecule has 0 saturated heterocycles. The van der Waals surface area contributed by atoms with Gasteiger partial charge in [-0.1, -0.05) is 18.5 Å². The molecule has 0 radical (unpaired) electrons. The zero-order valence-corrected chi connectivity index (χ0v) is 15.3. The quantitative estimate of drug-likeness (QED) is 0.789. The van der Waals surface area contributed by atoms with Gasteiger partial charge in [-0.3, -0.25) is 9.59 Å². The van der Waals surface area contributed by atoms with Crippen LogP contribution < -0.4 is 10.6 Å². The molecule has 1 aliphatic heterocycles. The third-order valence-electron chi connectivity index (χ3n) is 6.30. The Labute approximate surface area is 152 Å². The minimum absolute atomic E-state index is 0.0952. The van der Waals surface area contributed by atoms with Crippen molar-refractivity contribution in [2.75, 3.05) is 11.9 Å². The number of hydrogen-bond acceptors (Lipinski definition) is 4. The summed E-state index contributed by atoms with van der Waals surface area (Å²) in [6.45, 7) is 4.40. The standard InChI is InChI=1S/C19H23ClN2O3/c1-3-25-17(24)14-8-11-6-7-18(14,2)10-19(11)21-15-5-4-12(20)9-13(15)16(23)22-19/h4-5,9,11,14,21H,3,6-8,10H2,1-2H3,(H,22,23)/t11-,14-,18+,19-/m0/s1. The second kappa shape index (κ2) is 5.63. The second-order valence-electron chi connectivity index (χ2n) is 7.85. The summed E-state index contributed by atoms with van der Waals surface area (Å²) in [5, 5.41) is 7.33. The van der Waals surface area contributed by atoms with Gasteiger partial charge in [0.25, 0.3) is 5.91 Å². The molecule has 1 amide bonds. The highest BCUT2D eigenvalue weighted by molar-refractivity contribution is 6.31. The van der Waals surface area contributed by atoms with Crippen LogP contribution in [-0.2, 0) is 9.53 Å². The molecule has 2 bridgehead atoms. The van der Waals surface area contributed by atoms with E-state index in [0.29, 0.717) is 17.2 Å². The lowest BCUT2D eigenvalue weighted by Crippen LogP contribution is -2.69. The summed E-state index contributed by atoms with van der Waals surface area (Å²) >= 11 is 6.03. The normalized spacial score (nSPS) is 35.7. The van der Waals surface area contributed by atoms with Crippen LogP contribution in [0.4, 0.5) is 5.69 Å². The summed E-state index contributed by atoms with van der Waals surface area (Å²) in [6.07, 6.45) is 3.43. The van der Waals surface area contributed by atoms with E-state index in [1.54, 1.807) is 12.1 Å². The lowest BCUT2D eigenvalue weighted by molar-refractivity contribution is -0.163. The van der Waals surface area contributed by atoms with Crippen LogP contribution >= 0.6 is 11.6 Å². The number of benzene rings is 1. The third-order valence-corrected chi connectivity index (χ3v) is 6.53. The minimum Gasteiger partial charge on any atom is -0.466 e. The minimum atomic E-state index is -0.492. The maximum absolute atomic E-state index is 12.7. The van der Waals surface area contributed by atoms with Gasteiger partial charge < -0.3 is 15.4 Å². The lowest BCUT2D eigenvalue weighted by atomic mass is 9.51. The second-order valence-corrected chi connectivity index (χ2v) is 8.28. The van der Waals surface area contributed by atoms with Gasteiger partial charge in [0.05, 0.1) is 18.1 Å². The van der Waals surface area contributed by atoms with Crippen LogP contribution in [0.1, 0.15) is 49.9 Å². The predicted octanol–water partition coefficient (Wildman–Crippen LogP) is 3.58. The average Bonchev–Trinajstić information content (AvgIpc) is 2.55. The van der Waals surface area contributed by atoms with Crippen LogP contribution in [0.25, 0.3) is 0 Å². The Kier molecular flexibility index (Phi) is 3.76. The molecule has 4 atom stereocenters. The Morgan fingerprint density at radius 3 is 2.92 bits per heavy atom. The van der Waals surface area contributed by atoms with Crippen molar-refractivity contribution in [2.24, 2.45) is 17.3 Å². The average molecular weight is 363 g/mol. The molecule has 0 unspecified atom stereocenters. The molecule has 1 spiro atoms. The van der Waals surface area contributed by atoms with Crippen LogP contribution in [0.2, 0.25) is 5.02 Å². The van der Waals surface area contributed by atoms with Gasteiger partial charge in [-0.15, -0.1) is 0 Å². The molecule has 5 nitrogen and oxygen atoms in total. The molecule has 0 aromatic heterocycles. The van der Waals surface area contributed by atoms with Crippen molar-refractivity contribution in [3.63, 3.8) is 0 Å². The number of fused-ring (bicyclic) bond motifs is 3. The molecule has 1 aromatic carbocycles. The van der Waals surface area contributed by atoms with Crippen LogP contribution in [0.5, 0.6) is 0 Å². The van der Waals surface area contributed by atoms with Crippen molar-refractivity contribution in [3.05, 3.63) is 28.8 Å². The summed E-state index contributed by atoms with van der Waals surface area (Å²) in [5.74, 6) is -0.0856. The predicted molar refractivity (Wildman–Crippen MR) is 95.5 cm³/mol. The first kappa shape index (κ1) is 16.7. The summed E-state index contributed by atoms with van der Waals surface area (Å²) in [6, 6.07) is 5.35. The number of amides is 1. The van der Waals surface area contributed by atoms with Gasteiger partial charge in [0.2, 0.25) is 0 Å². The third kappa shape index (κ3) is 2.51. The number of ether oxygens (including phenoxy) is 1. The molecule has 3 aliphatic carbocycles. The SMILES string of the molecule is CCOC(=O)[C@@H]1C[C@@H]2CC[C@]1(C)C[C@]21NC(=O)c2cc(Cl)ccc2N1. The number of esters is 1. The fraction of sp³-hybridized carbons (Fsp3) is 0.579. The number of hydrogen-bond donors (Lipinski definition) is 2. The van der Waals surface area contributed by atoms with Crippen molar-refractivity contribution in [3.8, 4) is 0 Å². The Hall–Kier alpha value is -1.75. The maximum atomic E-state index is 12.7. The largest absolute Gasteiger partial charge is 0.466 e. The van der Waals surface area contributed by atoms with Gasteiger partial charge in [0.15, 0.2) is 0 Å². The molecule has 25 heavy (non-hydrogen) atoms. The van der Waals surface area contributed by atoms with Gasteiger partial charge in [-0.25, -0.2) is 0 Å². The molecule has 3 saturated carbocycles. The maximum Gasteiger partial charge on any atom is 0.309 e. The highest BCUT2D eigenvalue weighted by atomic mass is 35.5. The molecule has 2 N–H and O–H groups in total. The molecule has 1 heterocycles. The fourth-order valence-electron chi connectivity index (χ4n) is 5.08. The highest BCUT2D eigenvalue weighted by Gasteiger charge is 2.60. The van der Waals surface area contributed by atoms with Gasteiger partial charge in [0.1, 0.15) is 5.66 Å². The monoisotopic (exact) mass is 362 g/mol. The highest BCUT2D eigenvalue weighted by Crippen LogP contribution is 2.58. The smallest absolute Gasteiger partial charge is 0.309 e. The Balaban J connectivity index is 1.66. The van der Waals surface area contributed by atoms with E-state index >= 15 is 0 Å². The van der Waals surface area contributed by atoms with E-state index in [9.17, 15) is 9.59 Å². The van der Waals surface area contributed by atoms with Crippen LogP contribution in [0.15, 0.2) is 18.2 Å². The van der Waals surface area contributed by atoms with Gasteiger partial charge in [0, 0.05) is 16.6 Å². The molecule has 5 rings (SSSR count). The van der Waals surface area contributed by atoms with Gasteiger partial charge in [-0.05, 0) is 56.2 Å². The molecular weight excluding hydrogens is 340 g/mol. The van der Waals surface area contributed by atoms with Crippen molar-refractivity contribution < 1.29 is 14.3 Å². The first-order chi connectivity index (χ1) is 11.9. The van der Waals surface area contributed by atoms with E-state index in [1.165, 1.54) is 0 Å². The summed E-state index contributed by atoms with van der Waals surface area (Å²) < 4.78 is 5.30. The number of carbonyl (C=O) groups is 2. The molecule has 134 valence electrons. The van der Waals surface area contributed by atoms with Crippen molar-refractivity contribution in [1.82, 2.24) is 5.32 Å².